The number of ether oxygens (including phenoxy) is 1. The van der Waals surface area contributed by atoms with Gasteiger partial charge in [0, 0.05) is 17.7 Å². The molecule has 1 aromatic heterocycles. The van der Waals surface area contributed by atoms with Crippen LogP contribution in [0.5, 0.6) is 0 Å². The van der Waals surface area contributed by atoms with E-state index in [1.54, 1.807) is 18.0 Å². The maximum atomic E-state index is 11.0. The van der Waals surface area contributed by atoms with Crippen molar-refractivity contribution >= 4 is 17.7 Å². The largest absolute Gasteiger partial charge is 0.469 e. The fourth-order valence-electron chi connectivity index (χ4n) is 1.63. The summed E-state index contributed by atoms with van der Waals surface area (Å²) in [5.74, 6) is 0.608. The van der Waals surface area contributed by atoms with Gasteiger partial charge in [0.15, 0.2) is 5.69 Å². The number of hydrogen-bond donors (Lipinski definition) is 0. The number of esters is 1. The van der Waals surface area contributed by atoms with E-state index in [2.05, 4.69) is 19.9 Å². The lowest BCUT2D eigenvalue weighted by molar-refractivity contribution is -0.422. The van der Waals surface area contributed by atoms with Gasteiger partial charge >= 0.3 is 11.1 Å². The molecule has 0 fully saturated rings. The van der Waals surface area contributed by atoms with E-state index in [4.69, 9.17) is 0 Å². The van der Waals surface area contributed by atoms with E-state index in [0.717, 1.165) is 28.6 Å². The molecule has 0 aliphatic carbocycles. The van der Waals surface area contributed by atoms with Crippen LogP contribution in [0.2, 0.25) is 0 Å². The third-order valence-corrected chi connectivity index (χ3v) is 3.60. The van der Waals surface area contributed by atoms with E-state index >= 15 is 0 Å². The van der Waals surface area contributed by atoms with Crippen molar-refractivity contribution in [3.05, 3.63) is 36.5 Å². The van der Waals surface area contributed by atoms with Crippen LogP contribution < -0.4 is 4.98 Å². The molecule has 0 saturated heterocycles. The number of thioether (sulfide) groups is 1. The zero-order chi connectivity index (χ0) is 14.2. The first kappa shape index (κ1) is 14.5. The zero-order valence-corrected chi connectivity index (χ0v) is 12.0. The molecular formula is C14H16N3O2S+. The summed E-state index contributed by atoms with van der Waals surface area (Å²) >= 11 is 1.54. The molecule has 104 valence electrons. The number of carbonyl (C=O) groups is 1. The van der Waals surface area contributed by atoms with E-state index in [0.29, 0.717) is 6.42 Å². The van der Waals surface area contributed by atoms with Crippen LogP contribution in [0.3, 0.4) is 0 Å². The standard InChI is InChI=1S/C14H15N3O2S/c1-19-13(18)8-5-9-20-14-16-12(10-15-17-14)11-6-3-2-4-7-11/h2-4,6-7,10H,5,8-9H2,1H3/p+1. The zero-order valence-electron chi connectivity index (χ0n) is 11.2. The fourth-order valence-corrected chi connectivity index (χ4v) is 2.40. The molecular weight excluding hydrogens is 274 g/mol. The number of H-pyrrole nitrogens is 1. The molecule has 2 aromatic rings. The van der Waals surface area contributed by atoms with Crippen LogP contribution in [-0.2, 0) is 9.53 Å². The van der Waals surface area contributed by atoms with E-state index in [1.807, 2.05) is 30.3 Å². The Kier molecular flexibility index (Phi) is 5.49. The molecule has 0 spiro atoms. The number of benzene rings is 1. The van der Waals surface area contributed by atoms with Gasteiger partial charge in [-0.1, -0.05) is 30.3 Å². The SMILES string of the molecule is COC(=O)CCCSc1nncc(-c2ccccc2)[nH+]1. The van der Waals surface area contributed by atoms with Gasteiger partial charge in [0.1, 0.15) is 6.20 Å². The molecule has 0 bridgehead atoms. The quantitative estimate of drug-likeness (QED) is 0.462. The maximum Gasteiger partial charge on any atom is 0.384 e. The van der Waals surface area contributed by atoms with E-state index in [9.17, 15) is 4.79 Å². The highest BCUT2D eigenvalue weighted by Gasteiger charge is 2.11. The molecule has 0 atom stereocenters. The van der Waals surface area contributed by atoms with Gasteiger partial charge < -0.3 is 4.74 Å². The van der Waals surface area contributed by atoms with Crippen LogP contribution in [-0.4, -0.2) is 29.0 Å². The third-order valence-electron chi connectivity index (χ3n) is 2.65. The summed E-state index contributed by atoms with van der Waals surface area (Å²) < 4.78 is 4.60. The molecule has 5 nitrogen and oxygen atoms in total. The number of nitrogens with zero attached hydrogens (tertiary/aromatic N) is 2. The molecule has 1 heterocycles. The predicted molar refractivity (Wildman–Crippen MR) is 76.0 cm³/mol. The summed E-state index contributed by atoms with van der Waals surface area (Å²) in [5, 5.41) is 8.79. The highest BCUT2D eigenvalue weighted by Crippen LogP contribution is 2.15. The van der Waals surface area contributed by atoms with Crippen LogP contribution in [0.25, 0.3) is 11.3 Å². The molecule has 0 aliphatic heterocycles. The molecule has 0 aliphatic rings. The van der Waals surface area contributed by atoms with Gasteiger partial charge in [-0.15, -0.1) is 0 Å². The Hall–Kier alpha value is -1.95. The Bertz CT molecular complexity index is 563. The average Bonchev–Trinajstić information content (AvgIpc) is 2.52. The lowest BCUT2D eigenvalue weighted by atomic mass is 10.2. The van der Waals surface area contributed by atoms with Crippen molar-refractivity contribution in [3.63, 3.8) is 0 Å². The first-order valence-electron chi connectivity index (χ1n) is 6.29. The van der Waals surface area contributed by atoms with Gasteiger partial charge in [0.2, 0.25) is 0 Å². The molecule has 0 amide bonds. The Morgan fingerprint density at radius 2 is 2.15 bits per heavy atom. The van der Waals surface area contributed by atoms with Gasteiger partial charge in [0.25, 0.3) is 0 Å². The van der Waals surface area contributed by atoms with Crippen LogP contribution in [0.4, 0.5) is 0 Å². The summed E-state index contributed by atoms with van der Waals surface area (Å²) in [5.41, 5.74) is 2.00. The lowest BCUT2D eigenvalue weighted by Crippen LogP contribution is -2.14. The van der Waals surface area contributed by atoms with Gasteiger partial charge in [-0.2, -0.15) is 0 Å². The van der Waals surface area contributed by atoms with Crippen LogP contribution in [0.15, 0.2) is 41.7 Å². The van der Waals surface area contributed by atoms with E-state index in [-0.39, 0.29) is 5.97 Å². The minimum Gasteiger partial charge on any atom is -0.469 e. The van der Waals surface area contributed by atoms with Crippen molar-refractivity contribution in [3.8, 4) is 11.3 Å². The molecule has 6 heteroatoms. The van der Waals surface area contributed by atoms with E-state index in [1.165, 1.54) is 7.11 Å². The summed E-state index contributed by atoms with van der Waals surface area (Å²) in [6, 6.07) is 9.96. The van der Waals surface area contributed by atoms with Crippen molar-refractivity contribution in [2.24, 2.45) is 0 Å². The molecule has 0 saturated carbocycles. The van der Waals surface area contributed by atoms with Crippen molar-refractivity contribution < 1.29 is 14.5 Å². The molecule has 0 radical (unpaired) electrons. The number of aromatic amines is 1. The summed E-state index contributed by atoms with van der Waals surface area (Å²) in [6.45, 7) is 0. The second-order valence-electron chi connectivity index (χ2n) is 4.08. The van der Waals surface area contributed by atoms with Crippen LogP contribution >= 0.6 is 11.8 Å². The number of hydrogen-bond acceptors (Lipinski definition) is 5. The van der Waals surface area contributed by atoms with Gasteiger partial charge in [-0.25, -0.2) is 4.98 Å². The second kappa shape index (κ2) is 7.59. The number of nitrogens with one attached hydrogen (secondary N) is 1. The molecule has 0 unspecified atom stereocenters. The summed E-state index contributed by atoms with van der Waals surface area (Å²) in [7, 11) is 1.40. The Balaban J connectivity index is 1.92. The highest BCUT2D eigenvalue weighted by atomic mass is 32.2. The van der Waals surface area contributed by atoms with Crippen LogP contribution in [0.1, 0.15) is 12.8 Å². The van der Waals surface area contributed by atoms with Crippen LogP contribution in [0, 0.1) is 0 Å². The second-order valence-corrected chi connectivity index (χ2v) is 5.17. The Labute approximate surface area is 121 Å². The van der Waals surface area contributed by atoms with Gasteiger partial charge in [0.05, 0.1) is 12.2 Å². The monoisotopic (exact) mass is 290 g/mol. The van der Waals surface area contributed by atoms with Gasteiger partial charge in [-0.3, -0.25) is 4.79 Å². The van der Waals surface area contributed by atoms with E-state index < -0.39 is 0 Å². The number of carbonyl (C=O) groups excluding carboxylic acids is 1. The third kappa shape index (κ3) is 4.31. The number of aromatic nitrogens is 3. The first-order valence-corrected chi connectivity index (χ1v) is 7.28. The number of methoxy groups -OCH3 is 1. The molecule has 20 heavy (non-hydrogen) atoms. The minimum atomic E-state index is -0.182. The average molecular weight is 290 g/mol. The molecule has 2 rings (SSSR count). The van der Waals surface area contributed by atoms with Crippen molar-refractivity contribution in [2.45, 2.75) is 18.0 Å². The summed E-state index contributed by atoms with van der Waals surface area (Å²) in [6.07, 6.45) is 2.88. The topological polar surface area (TPSA) is 66.2 Å². The fraction of sp³-hybridized carbons (Fsp3) is 0.286. The Morgan fingerprint density at radius 1 is 1.35 bits per heavy atom. The maximum absolute atomic E-state index is 11.0. The number of rotatable bonds is 6. The summed E-state index contributed by atoms with van der Waals surface area (Å²) in [4.78, 5) is 14.2. The molecule has 1 aromatic carbocycles. The normalized spacial score (nSPS) is 10.2. The molecule has 1 N–H and O–H groups in total. The first-order chi connectivity index (χ1) is 9.79. The van der Waals surface area contributed by atoms with Crippen molar-refractivity contribution in [1.82, 2.24) is 10.2 Å². The smallest absolute Gasteiger partial charge is 0.384 e. The minimum absolute atomic E-state index is 0.182. The van der Waals surface area contributed by atoms with Gasteiger partial charge in [-0.05, 0) is 23.3 Å². The lowest BCUT2D eigenvalue weighted by Gasteiger charge is -1.98. The van der Waals surface area contributed by atoms with Crippen molar-refractivity contribution in [1.29, 1.82) is 0 Å². The highest BCUT2D eigenvalue weighted by molar-refractivity contribution is 7.99. The Morgan fingerprint density at radius 3 is 2.90 bits per heavy atom. The van der Waals surface area contributed by atoms with Crippen molar-refractivity contribution in [2.75, 3.05) is 12.9 Å². The predicted octanol–water partition coefficient (Wildman–Crippen LogP) is 2.00.